The Morgan fingerprint density at radius 3 is 2.33 bits per heavy atom. The molecule has 5 rings (SSSR count). The first kappa shape index (κ1) is 35.6. The largest absolute Gasteiger partial charge is 0.338 e. The van der Waals surface area contributed by atoms with Crippen molar-refractivity contribution in [2.75, 3.05) is 38.5 Å². The first-order valence-electron chi connectivity index (χ1n) is 17.0. The molecule has 14 nitrogen and oxygen atoms in total. The summed E-state index contributed by atoms with van der Waals surface area (Å²) in [7, 11) is 3.62. The van der Waals surface area contributed by atoms with E-state index >= 15 is 4.39 Å². The number of anilines is 1. The summed E-state index contributed by atoms with van der Waals surface area (Å²) in [6.45, 7) is 8.13. The number of rotatable bonds is 11. The van der Waals surface area contributed by atoms with Gasteiger partial charge in [-0.3, -0.25) is 23.9 Å². The maximum Gasteiger partial charge on any atom is 0.276 e. The SMILES string of the molecule is CCc1nonc1C(=O)N[C@H](C(=O)Nc1ccc([C@H](C)[C@@H](NC(=O)c2ccnn2C)C(=O)N2CCN(C)CC2)cc1F)[C@H]1CC[C@H](C)CC1. The number of nitrogens with zero attached hydrogens (tertiary/aromatic N) is 6. The molecular formula is C34H46FN9O5. The molecular weight excluding hydrogens is 633 g/mol. The maximum atomic E-state index is 15.8. The van der Waals surface area contributed by atoms with Gasteiger partial charge in [0.1, 0.15) is 29.3 Å². The van der Waals surface area contributed by atoms with E-state index in [1.165, 1.54) is 23.0 Å². The number of aromatic nitrogens is 4. The van der Waals surface area contributed by atoms with Crippen LogP contribution in [0.2, 0.25) is 0 Å². The Morgan fingerprint density at radius 1 is 0.980 bits per heavy atom. The summed E-state index contributed by atoms with van der Waals surface area (Å²) >= 11 is 0. The summed E-state index contributed by atoms with van der Waals surface area (Å²) in [5.41, 5.74) is 1.08. The van der Waals surface area contributed by atoms with Gasteiger partial charge in [-0.15, -0.1) is 0 Å². The first-order chi connectivity index (χ1) is 23.5. The topological polar surface area (TPSA) is 168 Å². The lowest BCUT2D eigenvalue weighted by molar-refractivity contribution is -0.135. The van der Waals surface area contributed by atoms with Gasteiger partial charge in [0, 0.05) is 45.3 Å². The van der Waals surface area contributed by atoms with Crippen LogP contribution in [-0.2, 0) is 23.1 Å². The number of halogens is 1. The zero-order valence-electron chi connectivity index (χ0n) is 28.7. The molecule has 15 heteroatoms. The van der Waals surface area contributed by atoms with Gasteiger partial charge >= 0.3 is 0 Å². The number of benzene rings is 1. The number of hydrogen-bond acceptors (Lipinski definition) is 9. The molecule has 0 spiro atoms. The average Bonchev–Trinajstić information content (AvgIpc) is 3.76. The first-order valence-corrected chi connectivity index (χ1v) is 17.0. The molecule has 2 fully saturated rings. The van der Waals surface area contributed by atoms with Crippen molar-refractivity contribution in [1.82, 2.24) is 40.5 Å². The third-order valence-electron chi connectivity index (χ3n) is 9.91. The minimum Gasteiger partial charge on any atom is -0.338 e. The van der Waals surface area contributed by atoms with E-state index in [9.17, 15) is 19.2 Å². The van der Waals surface area contributed by atoms with Crippen molar-refractivity contribution in [3.8, 4) is 0 Å². The number of amides is 4. The van der Waals surface area contributed by atoms with Crippen LogP contribution in [0.4, 0.5) is 10.1 Å². The molecule has 3 atom stereocenters. The van der Waals surface area contributed by atoms with Crippen molar-refractivity contribution in [2.24, 2.45) is 18.9 Å². The van der Waals surface area contributed by atoms with Crippen molar-refractivity contribution in [1.29, 1.82) is 0 Å². The van der Waals surface area contributed by atoms with Crippen LogP contribution in [0.5, 0.6) is 0 Å². The summed E-state index contributed by atoms with van der Waals surface area (Å²) < 4.78 is 22.0. The zero-order valence-corrected chi connectivity index (χ0v) is 28.7. The Labute approximate surface area is 285 Å². The summed E-state index contributed by atoms with van der Waals surface area (Å²) in [4.78, 5) is 57.8. The minimum absolute atomic E-state index is 0.0187. The van der Waals surface area contributed by atoms with Gasteiger partial charge in [-0.1, -0.05) is 44.8 Å². The summed E-state index contributed by atoms with van der Waals surface area (Å²) in [5.74, 6) is -2.84. The molecule has 4 amide bonds. The van der Waals surface area contributed by atoms with Crippen LogP contribution in [0.25, 0.3) is 0 Å². The molecule has 1 saturated heterocycles. The quantitative estimate of drug-likeness (QED) is 0.276. The smallest absolute Gasteiger partial charge is 0.276 e. The molecule has 3 aromatic rings. The molecule has 49 heavy (non-hydrogen) atoms. The third-order valence-corrected chi connectivity index (χ3v) is 9.91. The number of hydrogen-bond donors (Lipinski definition) is 3. The van der Waals surface area contributed by atoms with E-state index in [4.69, 9.17) is 4.63 Å². The minimum atomic E-state index is -0.988. The fourth-order valence-corrected chi connectivity index (χ4v) is 6.59. The molecule has 0 radical (unpaired) electrons. The van der Waals surface area contributed by atoms with Crippen LogP contribution in [0.15, 0.2) is 35.1 Å². The standard InChI is InChI=1S/C34H46FN9O5/c1-6-25-30(41-49-40-25)33(47)39-29(22-9-7-20(2)8-10-22)32(46)37-26-12-11-23(19-24(26)35)21(3)28(34(48)44-17-15-42(4)16-18-44)38-31(45)27-13-14-36-43(27)5/h11-14,19-22,28-29H,6-10,15-18H2,1-5H3,(H,37,46)(H,38,45)(H,39,47)/t20-,21-,22-,28+,29-/m0/s1. The predicted octanol–water partition coefficient (Wildman–Crippen LogP) is 2.74. The highest BCUT2D eigenvalue weighted by molar-refractivity contribution is 6.01. The van der Waals surface area contributed by atoms with Crippen molar-refractivity contribution >= 4 is 29.3 Å². The molecule has 264 valence electrons. The van der Waals surface area contributed by atoms with Crippen molar-refractivity contribution in [2.45, 2.75) is 70.9 Å². The van der Waals surface area contributed by atoms with Crippen molar-refractivity contribution in [3.63, 3.8) is 0 Å². The number of carbonyl (C=O) groups is 4. The van der Waals surface area contributed by atoms with Gasteiger partial charge in [-0.25, -0.2) is 9.02 Å². The highest BCUT2D eigenvalue weighted by Gasteiger charge is 2.36. The van der Waals surface area contributed by atoms with E-state index in [0.717, 1.165) is 25.7 Å². The van der Waals surface area contributed by atoms with Crippen LogP contribution in [0, 0.1) is 17.7 Å². The van der Waals surface area contributed by atoms with Crippen LogP contribution in [-0.4, -0.2) is 98.8 Å². The Balaban J connectivity index is 1.35. The van der Waals surface area contributed by atoms with Gasteiger partial charge in [0.25, 0.3) is 11.8 Å². The number of piperazine rings is 1. The lowest BCUT2D eigenvalue weighted by Crippen LogP contribution is -2.55. The van der Waals surface area contributed by atoms with E-state index in [1.54, 1.807) is 31.0 Å². The Bertz CT molecular complexity index is 1640. The molecule has 1 saturated carbocycles. The van der Waals surface area contributed by atoms with Crippen molar-refractivity contribution in [3.05, 3.63) is 58.9 Å². The molecule has 2 aliphatic rings. The van der Waals surface area contributed by atoms with Gasteiger partial charge < -0.3 is 25.8 Å². The number of likely N-dealkylation sites (N-methyl/N-ethyl adjacent to an activating group) is 1. The molecule has 1 aliphatic heterocycles. The fourth-order valence-electron chi connectivity index (χ4n) is 6.59. The zero-order chi connectivity index (χ0) is 35.2. The number of aryl methyl sites for hydroxylation is 2. The average molecular weight is 680 g/mol. The second-order valence-corrected chi connectivity index (χ2v) is 13.3. The number of nitrogens with one attached hydrogen (secondary N) is 3. The van der Waals surface area contributed by atoms with Crippen LogP contribution in [0.3, 0.4) is 0 Å². The van der Waals surface area contributed by atoms with Gasteiger partial charge in [0.15, 0.2) is 5.69 Å². The highest BCUT2D eigenvalue weighted by Crippen LogP contribution is 2.32. The molecule has 3 heterocycles. The predicted molar refractivity (Wildman–Crippen MR) is 178 cm³/mol. The lowest BCUT2D eigenvalue weighted by Gasteiger charge is -2.36. The van der Waals surface area contributed by atoms with E-state index < -0.39 is 41.5 Å². The van der Waals surface area contributed by atoms with Crippen LogP contribution in [0.1, 0.15) is 84.6 Å². The van der Waals surface area contributed by atoms with Crippen LogP contribution < -0.4 is 16.0 Å². The van der Waals surface area contributed by atoms with Gasteiger partial charge in [-0.05, 0) is 67.1 Å². The van der Waals surface area contributed by atoms with E-state index in [0.29, 0.717) is 49.8 Å². The fraction of sp³-hybridized carbons (Fsp3) is 0.559. The molecule has 1 aromatic carbocycles. The van der Waals surface area contributed by atoms with Crippen molar-refractivity contribution < 1.29 is 28.2 Å². The van der Waals surface area contributed by atoms with Gasteiger partial charge in [0.05, 0.1) is 5.69 Å². The van der Waals surface area contributed by atoms with E-state index in [2.05, 4.69) is 43.2 Å². The Kier molecular flexibility index (Phi) is 11.4. The summed E-state index contributed by atoms with van der Waals surface area (Å²) in [6, 6.07) is 3.98. The molecule has 0 unspecified atom stereocenters. The van der Waals surface area contributed by atoms with E-state index in [1.807, 2.05) is 14.0 Å². The Morgan fingerprint density at radius 2 is 1.69 bits per heavy atom. The van der Waals surface area contributed by atoms with Gasteiger partial charge in [-0.2, -0.15) is 5.10 Å². The molecule has 1 aliphatic carbocycles. The molecule has 0 bridgehead atoms. The van der Waals surface area contributed by atoms with Crippen LogP contribution >= 0.6 is 0 Å². The summed E-state index contributed by atoms with van der Waals surface area (Å²) in [5, 5.41) is 19.9. The molecule has 3 N–H and O–H groups in total. The third kappa shape index (κ3) is 8.32. The second-order valence-electron chi connectivity index (χ2n) is 13.3. The second kappa shape index (κ2) is 15.7. The number of carbonyl (C=O) groups excluding carboxylic acids is 4. The van der Waals surface area contributed by atoms with E-state index in [-0.39, 0.29) is 28.9 Å². The van der Waals surface area contributed by atoms with Gasteiger partial charge in [0.2, 0.25) is 11.8 Å². The summed E-state index contributed by atoms with van der Waals surface area (Å²) in [6.07, 6.45) is 5.18. The molecule has 2 aromatic heterocycles. The lowest BCUT2D eigenvalue weighted by atomic mass is 9.79. The normalized spacial score (nSPS) is 20.2. The maximum absolute atomic E-state index is 15.8. The monoisotopic (exact) mass is 679 g/mol. The highest BCUT2D eigenvalue weighted by atomic mass is 19.1. The Hall–Kier alpha value is -4.66.